The van der Waals surface area contributed by atoms with Crippen LogP contribution < -0.4 is 5.32 Å². The van der Waals surface area contributed by atoms with Crippen LogP contribution in [0.2, 0.25) is 0 Å². The topological polar surface area (TPSA) is 49.3 Å². The highest BCUT2D eigenvalue weighted by Crippen LogP contribution is 2.40. The van der Waals surface area contributed by atoms with Crippen LogP contribution in [0.4, 0.5) is 26.3 Å². The predicted molar refractivity (Wildman–Crippen MR) is 115 cm³/mol. The van der Waals surface area contributed by atoms with Gasteiger partial charge in [0, 0.05) is 0 Å². The molecule has 2 N–H and O–H groups in total. The van der Waals surface area contributed by atoms with Crippen LogP contribution in [-0.4, -0.2) is 11.0 Å². The molecule has 0 aromatic heterocycles. The van der Waals surface area contributed by atoms with E-state index >= 15 is 0 Å². The summed E-state index contributed by atoms with van der Waals surface area (Å²) in [5, 5.41) is 12.7. The normalized spacial score (nSPS) is 18.3. The number of alkyl halides is 6. The molecule has 1 saturated carbocycles. The maximum Gasteiger partial charge on any atom is 0.416 e. The minimum absolute atomic E-state index is 0.0560. The lowest BCUT2D eigenvalue weighted by Crippen LogP contribution is -2.48. The molecule has 0 bridgehead atoms. The molecule has 1 aliphatic carbocycles. The van der Waals surface area contributed by atoms with E-state index in [4.69, 9.17) is 0 Å². The molecule has 34 heavy (non-hydrogen) atoms. The summed E-state index contributed by atoms with van der Waals surface area (Å²) in [4.78, 5) is 13.2. The van der Waals surface area contributed by atoms with E-state index in [1.807, 2.05) is 0 Å². The molecule has 186 valence electrons. The van der Waals surface area contributed by atoms with Gasteiger partial charge in [-0.1, -0.05) is 43.5 Å². The molecule has 0 saturated heterocycles. The van der Waals surface area contributed by atoms with Gasteiger partial charge in [-0.3, -0.25) is 4.79 Å². The van der Waals surface area contributed by atoms with E-state index in [-0.39, 0.29) is 11.6 Å². The van der Waals surface area contributed by atoms with Crippen LogP contribution in [-0.2, 0) is 22.7 Å². The molecule has 2 aromatic rings. The highest BCUT2D eigenvalue weighted by atomic mass is 19.4. The minimum Gasteiger partial charge on any atom is -0.389 e. The zero-order valence-corrected chi connectivity index (χ0v) is 18.9. The second-order valence-corrected chi connectivity index (χ2v) is 8.99. The van der Waals surface area contributed by atoms with Crippen molar-refractivity contribution in [3.8, 4) is 0 Å². The van der Waals surface area contributed by atoms with E-state index in [1.54, 1.807) is 31.2 Å². The van der Waals surface area contributed by atoms with Crippen molar-refractivity contribution in [3.05, 3.63) is 70.3 Å². The molecular formula is C25H27F6NO2. The Labute approximate surface area is 194 Å². The molecule has 0 radical (unpaired) electrons. The third kappa shape index (κ3) is 5.74. The summed E-state index contributed by atoms with van der Waals surface area (Å²) in [5.74, 6) is -1.88. The van der Waals surface area contributed by atoms with Gasteiger partial charge in [0.2, 0.25) is 5.91 Å². The van der Waals surface area contributed by atoms with Crippen LogP contribution >= 0.6 is 0 Å². The summed E-state index contributed by atoms with van der Waals surface area (Å²) in [6.07, 6.45) is -6.86. The number of aliphatic hydroxyl groups is 1. The number of hydrogen-bond acceptors (Lipinski definition) is 2. The van der Waals surface area contributed by atoms with Gasteiger partial charge in [0.15, 0.2) is 0 Å². The average molecular weight is 487 g/mol. The Bertz CT molecular complexity index is 973. The molecule has 9 heteroatoms. The molecule has 2 unspecified atom stereocenters. The molecule has 0 heterocycles. The number of carbonyl (C=O) groups is 1. The monoisotopic (exact) mass is 487 g/mol. The van der Waals surface area contributed by atoms with Crippen LogP contribution in [0.5, 0.6) is 0 Å². The number of halogens is 6. The number of rotatable bonds is 5. The van der Waals surface area contributed by atoms with Crippen molar-refractivity contribution in [2.75, 3.05) is 0 Å². The standard InChI is InChI=1S/C25H27F6NO2/c1-15(18-12-20(24(26,27)28)14-21(13-18)25(29,30)31)22(34)32-23(10-4-3-5-11-23)19-8-6-17(7-9-19)16(2)33/h6-9,12-16,33H,3-5,10-11H2,1-2H3,(H,32,34). The fourth-order valence-electron chi connectivity index (χ4n) is 4.45. The molecule has 3 rings (SSSR count). The molecule has 0 aliphatic heterocycles. The fraction of sp³-hybridized carbons (Fsp3) is 0.480. The largest absolute Gasteiger partial charge is 0.416 e. The maximum absolute atomic E-state index is 13.3. The van der Waals surface area contributed by atoms with Crippen molar-refractivity contribution >= 4 is 5.91 Å². The van der Waals surface area contributed by atoms with Crippen LogP contribution in [0.1, 0.15) is 85.8 Å². The van der Waals surface area contributed by atoms with E-state index in [9.17, 15) is 36.2 Å². The first-order valence-electron chi connectivity index (χ1n) is 11.1. The lowest BCUT2D eigenvalue weighted by Gasteiger charge is -2.39. The number of carbonyl (C=O) groups excluding carboxylic acids is 1. The van der Waals surface area contributed by atoms with Gasteiger partial charge in [0.1, 0.15) is 0 Å². The number of nitrogens with one attached hydrogen (secondary N) is 1. The Balaban J connectivity index is 1.94. The minimum atomic E-state index is -4.98. The number of aliphatic hydroxyl groups excluding tert-OH is 1. The third-order valence-electron chi connectivity index (χ3n) is 6.52. The van der Waals surface area contributed by atoms with E-state index in [0.717, 1.165) is 24.8 Å². The van der Waals surface area contributed by atoms with Crippen molar-refractivity contribution in [2.24, 2.45) is 0 Å². The number of hydrogen-bond donors (Lipinski definition) is 2. The molecule has 1 aliphatic rings. The highest BCUT2D eigenvalue weighted by Gasteiger charge is 2.39. The molecule has 2 atom stereocenters. The van der Waals surface area contributed by atoms with Crippen molar-refractivity contribution in [3.63, 3.8) is 0 Å². The maximum atomic E-state index is 13.3. The summed E-state index contributed by atoms with van der Waals surface area (Å²) in [7, 11) is 0. The van der Waals surface area contributed by atoms with Crippen LogP contribution in [0.15, 0.2) is 42.5 Å². The first-order valence-corrected chi connectivity index (χ1v) is 11.1. The number of amides is 1. The summed E-state index contributed by atoms with van der Waals surface area (Å²) < 4.78 is 79.6. The molecule has 1 fully saturated rings. The van der Waals surface area contributed by atoms with Crippen LogP contribution in [0.25, 0.3) is 0 Å². The molecule has 1 amide bonds. The molecule has 3 nitrogen and oxygen atoms in total. The Morgan fingerprint density at radius 3 is 1.79 bits per heavy atom. The Morgan fingerprint density at radius 1 is 0.853 bits per heavy atom. The zero-order valence-electron chi connectivity index (χ0n) is 18.9. The summed E-state index contributed by atoms with van der Waals surface area (Å²) in [6, 6.07) is 8.34. The Kier molecular flexibility index (Phi) is 7.36. The van der Waals surface area contributed by atoms with Crippen molar-refractivity contribution in [1.29, 1.82) is 0 Å². The first-order chi connectivity index (χ1) is 15.7. The van der Waals surface area contributed by atoms with Gasteiger partial charge in [-0.2, -0.15) is 26.3 Å². The van der Waals surface area contributed by atoms with E-state index in [0.29, 0.717) is 30.5 Å². The van der Waals surface area contributed by atoms with Gasteiger partial charge < -0.3 is 10.4 Å². The fourth-order valence-corrected chi connectivity index (χ4v) is 4.45. The van der Waals surface area contributed by atoms with E-state index in [1.165, 1.54) is 6.92 Å². The lowest BCUT2D eigenvalue weighted by molar-refractivity contribution is -0.143. The summed E-state index contributed by atoms with van der Waals surface area (Å²) in [5.41, 5.74) is -2.55. The first kappa shape index (κ1) is 26.1. The van der Waals surface area contributed by atoms with Gasteiger partial charge in [0.05, 0.1) is 28.7 Å². The molecule has 2 aromatic carbocycles. The molecular weight excluding hydrogens is 460 g/mol. The smallest absolute Gasteiger partial charge is 0.389 e. The second-order valence-electron chi connectivity index (χ2n) is 8.99. The van der Waals surface area contributed by atoms with Gasteiger partial charge >= 0.3 is 12.4 Å². The SMILES string of the molecule is CC(O)c1ccc(C2(NC(=O)C(C)c3cc(C(F)(F)F)cc(C(F)(F)F)c3)CCCCC2)cc1. The second kappa shape index (κ2) is 9.60. The number of benzene rings is 2. The van der Waals surface area contributed by atoms with Gasteiger partial charge in [0.25, 0.3) is 0 Å². The van der Waals surface area contributed by atoms with E-state index < -0.39 is 46.9 Å². The summed E-state index contributed by atoms with van der Waals surface area (Å²) in [6.45, 7) is 2.93. The Morgan fingerprint density at radius 2 is 1.35 bits per heavy atom. The predicted octanol–water partition coefficient (Wildman–Crippen LogP) is 6.86. The van der Waals surface area contributed by atoms with E-state index in [2.05, 4.69) is 5.32 Å². The average Bonchev–Trinajstić information content (AvgIpc) is 2.77. The highest BCUT2D eigenvalue weighted by molar-refractivity contribution is 5.84. The Hall–Kier alpha value is -2.55. The van der Waals surface area contributed by atoms with Crippen molar-refractivity contribution in [1.82, 2.24) is 5.32 Å². The third-order valence-corrected chi connectivity index (χ3v) is 6.52. The van der Waals surface area contributed by atoms with Gasteiger partial charge in [-0.25, -0.2) is 0 Å². The van der Waals surface area contributed by atoms with Gasteiger partial charge in [-0.05, 0) is 61.6 Å². The quantitative estimate of drug-likeness (QED) is 0.453. The lowest BCUT2D eigenvalue weighted by atomic mass is 9.76. The zero-order chi connectivity index (χ0) is 25.3. The van der Waals surface area contributed by atoms with Gasteiger partial charge in [-0.15, -0.1) is 0 Å². The summed E-state index contributed by atoms with van der Waals surface area (Å²) >= 11 is 0. The van der Waals surface area contributed by atoms with Crippen molar-refractivity contribution in [2.45, 2.75) is 75.9 Å². The van der Waals surface area contributed by atoms with Crippen LogP contribution in [0.3, 0.4) is 0 Å². The van der Waals surface area contributed by atoms with Crippen molar-refractivity contribution < 1.29 is 36.2 Å². The van der Waals surface area contributed by atoms with Crippen LogP contribution in [0, 0.1) is 0 Å². The molecule has 0 spiro atoms.